The highest BCUT2D eigenvalue weighted by atomic mass is 19.4. The van der Waals surface area contributed by atoms with Gasteiger partial charge in [-0.05, 0) is 37.5 Å². The quantitative estimate of drug-likeness (QED) is 0.680. The van der Waals surface area contributed by atoms with Gasteiger partial charge in [-0.2, -0.15) is 13.2 Å². The lowest BCUT2D eigenvalue weighted by Crippen LogP contribution is -2.36. The van der Waals surface area contributed by atoms with Crippen LogP contribution in [0.2, 0.25) is 0 Å². The Labute approximate surface area is 117 Å². The molecule has 106 valence electrons. The summed E-state index contributed by atoms with van der Waals surface area (Å²) < 4.78 is 39.0. The van der Waals surface area contributed by atoms with Crippen LogP contribution in [-0.4, -0.2) is 6.18 Å². The first-order valence-corrected chi connectivity index (χ1v) is 6.46. The maximum absolute atomic E-state index is 13.0. The van der Waals surface area contributed by atoms with Crippen LogP contribution < -0.4 is 0 Å². The molecule has 3 heteroatoms. The van der Waals surface area contributed by atoms with Gasteiger partial charge in [0.25, 0.3) is 0 Å². The molecule has 20 heavy (non-hydrogen) atoms. The minimum Gasteiger partial charge on any atom is -0.170 e. The molecule has 0 atom stereocenters. The molecule has 0 saturated heterocycles. The summed E-state index contributed by atoms with van der Waals surface area (Å²) in [5, 5.41) is 0. The summed E-state index contributed by atoms with van der Waals surface area (Å²) >= 11 is 0. The van der Waals surface area contributed by atoms with Gasteiger partial charge in [0.15, 0.2) is 0 Å². The van der Waals surface area contributed by atoms with E-state index >= 15 is 0 Å². The van der Waals surface area contributed by atoms with Crippen molar-refractivity contribution in [3.63, 3.8) is 0 Å². The van der Waals surface area contributed by atoms with Crippen LogP contribution in [0.4, 0.5) is 13.2 Å². The van der Waals surface area contributed by atoms with Gasteiger partial charge in [0.1, 0.15) is 0 Å². The summed E-state index contributed by atoms with van der Waals surface area (Å²) in [5.74, 6) is 0. The van der Waals surface area contributed by atoms with E-state index in [-0.39, 0.29) is 5.56 Å². The average Bonchev–Trinajstić information content (AvgIpc) is 2.38. The molecule has 0 radical (unpaired) electrons. The van der Waals surface area contributed by atoms with Crippen LogP contribution in [0.5, 0.6) is 0 Å². The fourth-order valence-electron chi connectivity index (χ4n) is 1.99. The predicted octanol–water partition coefficient (Wildman–Crippen LogP) is 5.50. The van der Waals surface area contributed by atoms with Crippen molar-refractivity contribution in [1.82, 2.24) is 0 Å². The second-order valence-corrected chi connectivity index (χ2v) is 5.57. The molecule has 2 rings (SSSR count). The zero-order valence-corrected chi connectivity index (χ0v) is 11.8. The lowest BCUT2D eigenvalue weighted by molar-refractivity contribution is -0.180. The molecule has 0 N–H and O–H groups in total. The number of hydrogen-bond donors (Lipinski definition) is 0. The van der Waals surface area contributed by atoms with Gasteiger partial charge in [-0.25, -0.2) is 0 Å². The van der Waals surface area contributed by atoms with E-state index in [0.717, 1.165) is 16.7 Å². The predicted molar refractivity (Wildman–Crippen MR) is 75.7 cm³/mol. The van der Waals surface area contributed by atoms with E-state index in [1.807, 2.05) is 31.2 Å². The highest BCUT2D eigenvalue weighted by Crippen LogP contribution is 2.40. The van der Waals surface area contributed by atoms with E-state index in [0.29, 0.717) is 0 Å². The Kier molecular flexibility index (Phi) is 3.63. The van der Waals surface area contributed by atoms with E-state index in [1.54, 1.807) is 24.3 Å². The van der Waals surface area contributed by atoms with Gasteiger partial charge in [0.2, 0.25) is 0 Å². The van der Waals surface area contributed by atoms with E-state index in [4.69, 9.17) is 0 Å². The van der Waals surface area contributed by atoms with Gasteiger partial charge in [0, 0.05) is 0 Å². The third-order valence-electron chi connectivity index (χ3n) is 3.70. The number of halogens is 3. The number of rotatable bonds is 2. The van der Waals surface area contributed by atoms with Crippen LogP contribution in [0.3, 0.4) is 0 Å². The van der Waals surface area contributed by atoms with Gasteiger partial charge in [0.05, 0.1) is 5.41 Å². The normalized spacial score (nSPS) is 12.5. The molecule has 0 amide bonds. The van der Waals surface area contributed by atoms with Gasteiger partial charge >= 0.3 is 6.18 Å². The first-order valence-electron chi connectivity index (χ1n) is 6.46. The highest BCUT2D eigenvalue weighted by Gasteiger charge is 2.48. The minimum atomic E-state index is -4.25. The SMILES string of the molecule is Cc1ccc(-c2ccc(C(C)(C)C(F)(F)F)cc2)cc1. The molecule has 2 aromatic carbocycles. The molecule has 0 heterocycles. The standard InChI is InChI=1S/C17H17F3/c1-12-4-6-13(7-5-12)14-8-10-15(11-9-14)16(2,3)17(18,19)20/h4-11H,1-3H3. The van der Waals surface area contributed by atoms with Gasteiger partial charge < -0.3 is 0 Å². The van der Waals surface area contributed by atoms with Crippen molar-refractivity contribution in [3.8, 4) is 11.1 Å². The van der Waals surface area contributed by atoms with Crippen molar-refractivity contribution in [2.24, 2.45) is 0 Å². The first-order chi connectivity index (χ1) is 9.22. The number of hydrogen-bond acceptors (Lipinski definition) is 0. The van der Waals surface area contributed by atoms with Crippen LogP contribution in [-0.2, 0) is 5.41 Å². The van der Waals surface area contributed by atoms with Crippen LogP contribution >= 0.6 is 0 Å². The molecule has 2 aromatic rings. The summed E-state index contributed by atoms with van der Waals surface area (Å²) in [7, 11) is 0. The maximum atomic E-state index is 13.0. The second-order valence-electron chi connectivity index (χ2n) is 5.57. The van der Waals surface area contributed by atoms with E-state index in [1.165, 1.54) is 13.8 Å². The summed E-state index contributed by atoms with van der Waals surface area (Å²) in [6.07, 6.45) is -4.25. The Bertz CT molecular complexity index is 575. The summed E-state index contributed by atoms with van der Waals surface area (Å²) in [6.45, 7) is 4.40. The van der Waals surface area contributed by atoms with Gasteiger partial charge in [-0.15, -0.1) is 0 Å². The Hall–Kier alpha value is -1.77. The summed E-state index contributed by atoms with van der Waals surface area (Å²) in [6, 6.07) is 14.5. The van der Waals surface area contributed by atoms with Crippen molar-refractivity contribution in [3.05, 3.63) is 59.7 Å². The highest BCUT2D eigenvalue weighted by molar-refractivity contribution is 5.64. The maximum Gasteiger partial charge on any atom is 0.397 e. The Balaban J connectivity index is 2.33. The van der Waals surface area contributed by atoms with Crippen molar-refractivity contribution in [1.29, 1.82) is 0 Å². The number of aryl methyl sites for hydroxylation is 1. The molecule has 0 nitrogen and oxygen atoms in total. The fourth-order valence-corrected chi connectivity index (χ4v) is 1.99. The van der Waals surface area contributed by atoms with Crippen LogP contribution in [0.25, 0.3) is 11.1 Å². The molecular formula is C17H17F3. The first kappa shape index (κ1) is 14.6. The van der Waals surface area contributed by atoms with Crippen LogP contribution in [0.1, 0.15) is 25.0 Å². The Morgan fingerprint density at radius 3 is 1.50 bits per heavy atom. The van der Waals surface area contributed by atoms with Crippen molar-refractivity contribution in [2.75, 3.05) is 0 Å². The van der Waals surface area contributed by atoms with E-state index in [9.17, 15) is 13.2 Å². The Morgan fingerprint density at radius 2 is 1.10 bits per heavy atom. The molecule has 0 aliphatic heterocycles. The van der Waals surface area contributed by atoms with Gasteiger partial charge in [-0.1, -0.05) is 54.1 Å². The molecular weight excluding hydrogens is 261 g/mol. The zero-order valence-electron chi connectivity index (χ0n) is 11.8. The van der Waals surface area contributed by atoms with Crippen molar-refractivity contribution >= 4 is 0 Å². The third-order valence-corrected chi connectivity index (χ3v) is 3.70. The van der Waals surface area contributed by atoms with E-state index < -0.39 is 11.6 Å². The molecule has 0 unspecified atom stereocenters. The van der Waals surface area contributed by atoms with Crippen molar-refractivity contribution < 1.29 is 13.2 Å². The molecule has 0 spiro atoms. The van der Waals surface area contributed by atoms with Crippen LogP contribution in [0, 0.1) is 6.92 Å². The fraction of sp³-hybridized carbons (Fsp3) is 0.294. The van der Waals surface area contributed by atoms with Gasteiger partial charge in [-0.3, -0.25) is 0 Å². The molecule has 0 aliphatic rings. The van der Waals surface area contributed by atoms with E-state index in [2.05, 4.69) is 0 Å². The summed E-state index contributed by atoms with van der Waals surface area (Å²) in [4.78, 5) is 0. The Morgan fingerprint density at radius 1 is 0.700 bits per heavy atom. The molecule has 0 aromatic heterocycles. The second kappa shape index (κ2) is 4.97. The molecule has 0 fully saturated rings. The smallest absolute Gasteiger partial charge is 0.170 e. The third kappa shape index (κ3) is 2.72. The number of alkyl halides is 3. The van der Waals surface area contributed by atoms with Crippen molar-refractivity contribution in [2.45, 2.75) is 32.4 Å². The lowest BCUT2D eigenvalue weighted by Gasteiger charge is -2.28. The average molecular weight is 278 g/mol. The monoisotopic (exact) mass is 278 g/mol. The summed E-state index contributed by atoms with van der Waals surface area (Å²) in [5.41, 5.74) is 1.53. The lowest BCUT2D eigenvalue weighted by atomic mass is 9.83. The largest absolute Gasteiger partial charge is 0.397 e. The molecule has 0 aliphatic carbocycles. The number of benzene rings is 2. The van der Waals surface area contributed by atoms with Crippen LogP contribution in [0.15, 0.2) is 48.5 Å². The zero-order chi connectivity index (χ0) is 15.0. The minimum absolute atomic E-state index is 0.279. The molecule has 0 saturated carbocycles. The molecule has 0 bridgehead atoms. The topological polar surface area (TPSA) is 0 Å².